The Balaban J connectivity index is 2.24. The number of rotatable bonds is 5. The van der Waals surface area contributed by atoms with Crippen LogP contribution in [0.25, 0.3) is 6.08 Å². The smallest absolute Gasteiger partial charge is 0.285 e. The van der Waals surface area contributed by atoms with Gasteiger partial charge < -0.3 is 4.74 Å². The Hall–Kier alpha value is -1.82. The number of sulfonamides is 1. The molecule has 0 unspecified atom stereocenters. The fourth-order valence-corrected chi connectivity index (χ4v) is 3.80. The van der Waals surface area contributed by atoms with E-state index < -0.39 is 10.0 Å². The van der Waals surface area contributed by atoms with E-state index in [0.29, 0.717) is 5.75 Å². The maximum Gasteiger partial charge on any atom is 0.285 e. The van der Waals surface area contributed by atoms with Crippen LogP contribution in [0.2, 0.25) is 10.0 Å². The van der Waals surface area contributed by atoms with Crippen LogP contribution in [0.15, 0.2) is 57.8 Å². The van der Waals surface area contributed by atoms with Gasteiger partial charge >= 0.3 is 0 Å². The Morgan fingerprint density at radius 1 is 1.04 bits per heavy atom. The monoisotopic (exact) mass is 369 g/mol. The molecule has 0 spiro atoms. The summed E-state index contributed by atoms with van der Waals surface area (Å²) in [7, 11) is -2.41. The van der Waals surface area contributed by atoms with E-state index in [9.17, 15) is 8.42 Å². The Labute approximate surface area is 145 Å². The molecule has 0 aliphatic rings. The zero-order valence-electron chi connectivity index (χ0n) is 12.1. The van der Waals surface area contributed by atoms with Crippen molar-refractivity contribution in [2.75, 3.05) is 7.11 Å². The van der Waals surface area contributed by atoms with E-state index in [4.69, 9.17) is 27.9 Å². The minimum absolute atomic E-state index is 0.0309. The van der Waals surface area contributed by atoms with Gasteiger partial charge in [0.05, 0.1) is 17.2 Å². The molecule has 0 atom stereocenters. The van der Waals surface area contributed by atoms with E-state index in [1.165, 1.54) is 24.4 Å². The minimum atomic E-state index is -3.97. The van der Waals surface area contributed by atoms with Gasteiger partial charge in [0.25, 0.3) is 10.0 Å². The van der Waals surface area contributed by atoms with Crippen LogP contribution in [0, 0.1) is 0 Å². The molecular weight excluding hydrogens is 357 g/mol. The van der Waals surface area contributed by atoms with Gasteiger partial charge in [0, 0.05) is 11.8 Å². The third kappa shape index (κ3) is 4.34. The Morgan fingerprint density at radius 3 is 2.35 bits per heavy atom. The molecule has 0 saturated heterocycles. The first-order chi connectivity index (χ1) is 11.0. The van der Waals surface area contributed by atoms with Gasteiger partial charge in [0.1, 0.15) is 10.6 Å². The Kier molecular flexibility index (Phi) is 5.82. The predicted octanol–water partition coefficient (Wildman–Crippen LogP) is 4.47. The first-order valence-electron chi connectivity index (χ1n) is 6.50. The highest BCUT2D eigenvalue weighted by atomic mass is 35.5. The molecule has 0 heterocycles. The van der Waals surface area contributed by atoms with Gasteiger partial charge in [-0.15, -0.1) is 0 Å². The molecule has 0 N–H and O–H groups in total. The lowest BCUT2D eigenvalue weighted by Crippen LogP contribution is -1.99. The normalized spacial score (nSPS) is 12.1. The molecule has 120 valence electrons. The molecule has 0 bridgehead atoms. The summed E-state index contributed by atoms with van der Waals surface area (Å²) in [6.45, 7) is 0. The summed E-state index contributed by atoms with van der Waals surface area (Å²) in [5, 5.41) is 0.0618. The SMILES string of the molecule is COc1ccccc1/C=C/C=N/S(=O)(=O)c1c(Cl)cccc1Cl. The fourth-order valence-electron chi connectivity index (χ4n) is 1.85. The van der Waals surface area contributed by atoms with Crippen LogP contribution >= 0.6 is 23.2 Å². The number of halogens is 2. The number of ether oxygens (including phenoxy) is 1. The summed E-state index contributed by atoms with van der Waals surface area (Å²) in [4.78, 5) is -0.203. The van der Waals surface area contributed by atoms with E-state index in [0.717, 1.165) is 5.56 Å². The van der Waals surface area contributed by atoms with Crippen molar-refractivity contribution in [3.05, 3.63) is 64.1 Å². The fraction of sp³-hybridized carbons (Fsp3) is 0.0625. The van der Waals surface area contributed by atoms with Crippen molar-refractivity contribution in [3.63, 3.8) is 0 Å². The number of hydrogen-bond donors (Lipinski definition) is 0. The van der Waals surface area contributed by atoms with E-state index in [1.807, 2.05) is 18.2 Å². The molecule has 0 aliphatic carbocycles. The average molecular weight is 370 g/mol. The second kappa shape index (κ2) is 7.64. The van der Waals surface area contributed by atoms with Gasteiger partial charge in [-0.05, 0) is 30.4 Å². The Morgan fingerprint density at radius 2 is 1.70 bits per heavy atom. The highest BCUT2D eigenvalue weighted by Crippen LogP contribution is 2.30. The molecule has 23 heavy (non-hydrogen) atoms. The van der Waals surface area contributed by atoms with Crippen LogP contribution < -0.4 is 4.74 Å². The molecule has 4 nitrogen and oxygen atoms in total. The van der Waals surface area contributed by atoms with E-state index in [2.05, 4.69) is 4.40 Å². The third-order valence-electron chi connectivity index (χ3n) is 2.88. The van der Waals surface area contributed by atoms with Crippen LogP contribution in [-0.2, 0) is 10.0 Å². The molecule has 7 heteroatoms. The summed E-state index contributed by atoms with van der Waals surface area (Å²) < 4.78 is 33.1. The number of hydrogen-bond acceptors (Lipinski definition) is 3. The number of allylic oxidation sites excluding steroid dienone is 1. The van der Waals surface area contributed by atoms with Crippen molar-refractivity contribution < 1.29 is 13.2 Å². The van der Waals surface area contributed by atoms with Crippen LogP contribution in [0.4, 0.5) is 0 Å². The van der Waals surface area contributed by atoms with Crippen LogP contribution in [0.1, 0.15) is 5.56 Å². The minimum Gasteiger partial charge on any atom is -0.496 e. The highest BCUT2D eigenvalue weighted by molar-refractivity contribution is 7.90. The lowest BCUT2D eigenvalue weighted by molar-refractivity contribution is 0.414. The number of methoxy groups -OCH3 is 1. The molecule has 0 fully saturated rings. The Bertz CT molecular complexity index is 841. The lowest BCUT2D eigenvalue weighted by Gasteiger charge is -2.03. The van der Waals surface area contributed by atoms with Crippen molar-refractivity contribution in [1.82, 2.24) is 0 Å². The molecule has 0 saturated carbocycles. The molecular formula is C16H13Cl2NO3S. The number of nitrogens with zero attached hydrogens (tertiary/aromatic N) is 1. The number of benzene rings is 2. The van der Waals surface area contributed by atoms with Crippen molar-refractivity contribution in [1.29, 1.82) is 0 Å². The van der Waals surface area contributed by atoms with Crippen molar-refractivity contribution in [3.8, 4) is 5.75 Å². The van der Waals surface area contributed by atoms with E-state index in [1.54, 1.807) is 25.3 Å². The van der Waals surface area contributed by atoms with E-state index in [-0.39, 0.29) is 14.9 Å². The average Bonchev–Trinajstić information content (AvgIpc) is 2.51. The molecule has 2 aromatic carbocycles. The summed E-state index contributed by atoms with van der Waals surface area (Å²) in [5.74, 6) is 0.675. The van der Waals surface area contributed by atoms with Gasteiger partial charge in [-0.2, -0.15) is 12.8 Å². The molecule has 0 amide bonds. The maximum absolute atomic E-state index is 12.2. The summed E-state index contributed by atoms with van der Waals surface area (Å²) in [5.41, 5.74) is 0.801. The van der Waals surface area contributed by atoms with Crippen molar-refractivity contribution in [2.45, 2.75) is 4.90 Å². The third-order valence-corrected chi connectivity index (χ3v) is 5.09. The molecule has 0 aliphatic heterocycles. The van der Waals surface area contributed by atoms with Crippen LogP contribution in [0.3, 0.4) is 0 Å². The van der Waals surface area contributed by atoms with Gasteiger partial charge in [-0.25, -0.2) is 0 Å². The first kappa shape index (κ1) is 17.5. The quantitative estimate of drug-likeness (QED) is 0.730. The van der Waals surface area contributed by atoms with Gasteiger partial charge in [0.15, 0.2) is 0 Å². The van der Waals surface area contributed by atoms with Crippen molar-refractivity contribution in [2.24, 2.45) is 4.40 Å². The zero-order chi connectivity index (χ0) is 16.9. The topological polar surface area (TPSA) is 55.7 Å². The highest BCUT2D eigenvalue weighted by Gasteiger charge is 2.19. The zero-order valence-corrected chi connectivity index (χ0v) is 14.4. The molecule has 2 rings (SSSR count). The second-order valence-electron chi connectivity index (χ2n) is 4.38. The summed E-state index contributed by atoms with van der Waals surface area (Å²) in [6.07, 6.45) is 4.35. The van der Waals surface area contributed by atoms with E-state index >= 15 is 0 Å². The van der Waals surface area contributed by atoms with Gasteiger partial charge in [0.2, 0.25) is 0 Å². The first-order valence-corrected chi connectivity index (χ1v) is 8.69. The molecule has 2 aromatic rings. The number of para-hydroxylation sites is 1. The lowest BCUT2D eigenvalue weighted by atomic mass is 10.2. The summed E-state index contributed by atoms with van der Waals surface area (Å²) >= 11 is 11.8. The van der Waals surface area contributed by atoms with Gasteiger partial charge in [-0.3, -0.25) is 0 Å². The standard InChI is InChI=1S/C16H13Cl2NO3S/c1-22-15-10-3-2-6-12(15)7-5-11-19-23(20,21)16-13(17)8-4-9-14(16)18/h2-11H,1H3/b7-5+,19-11+. The predicted molar refractivity (Wildman–Crippen MR) is 94.2 cm³/mol. The maximum atomic E-state index is 12.2. The summed E-state index contributed by atoms with van der Waals surface area (Å²) in [6, 6.07) is 11.8. The van der Waals surface area contributed by atoms with Gasteiger partial charge in [-0.1, -0.05) is 47.5 Å². The van der Waals surface area contributed by atoms with Crippen LogP contribution in [-0.4, -0.2) is 21.7 Å². The molecule has 0 radical (unpaired) electrons. The second-order valence-corrected chi connectivity index (χ2v) is 6.76. The van der Waals surface area contributed by atoms with Crippen LogP contribution in [0.5, 0.6) is 5.75 Å². The largest absolute Gasteiger partial charge is 0.496 e. The van der Waals surface area contributed by atoms with Crippen molar-refractivity contribution >= 4 is 45.5 Å². The molecule has 0 aromatic heterocycles.